The molecule has 1 saturated carbocycles. The maximum atomic E-state index is 10.7. The van der Waals surface area contributed by atoms with Gasteiger partial charge in [0.05, 0.1) is 33.7 Å². The minimum Gasteiger partial charge on any atom is -0.390 e. The lowest BCUT2D eigenvalue weighted by molar-refractivity contribution is -0.0601. The Bertz CT molecular complexity index is 1140. The van der Waals surface area contributed by atoms with E-state index in [4.69, 9.17) is 9.97 Å². The molecule has 5 N–H and O–H groups in total. The summed E-state index contributed by atoms with van der Waals surface area (Å²) in [6.07, 6.45) is 1.81. The normalized spacial score (nSPS) is 22.9. The molecule has 0 saturated heterocycles. The van der Waals surface area contributed by atoms with Gasteiger partial charge in [-0.25, -0.2) is 9.97 Å². The highest BCUT2D eigenvalue weighted by molar-refractivity contribution is 7.99. The predicted molar refractivity (Wildman–Crippen MR) is 138 cm³/mol. The molecule has 4 rings (SSSR count). The second kappa shape index (κ2) is 10.3. The van der Waals surface area contributed by atoms with E-state index in [0.717, 1.165) is 39.0 Å². The largest absolute Gasteiger partial charge is 0.390 e. The number of aliphatic hydroxyl groups is 3. The van der Waals surface area contributed by atoms with Gasteiger partial charge in [-0.05, 0) is 39.0 Å². The number of nitrogens with zero attached hydrogens (tertiary/aromatic N) is 4. The van der Waals surface area contributed by atoms with Crippen LogP contribution in [0.15, 0.2) is 18.5 Å². The van der Waals surface area contributed by atoms with E-state index >= 15 is 0 Å². The third kappa shape index (κ3) is 5.28. The highest BCUT2D eigenvalue weighted by atomic mass is 32.2. The van der Waals surface area contributed by atoms with E-state index in [2.05, 4.69) is 27.5 Å². The molecule has 0 aromatic carbocycles. The van der Waals surface area contributed by atoms with Crippen molar-refractivity contribution in [2.75, 3.05) is 28.7 Å². The maximum Gasteiger partial charge on any atom is 0.224 e. The van der Waals surface area contributed by atoms with Crippen molar-refractivity contribution in [2.45, 2.75) is 58.0 Å². The van der Waals surface area contributed by atoms with E-state index in [-0.39, 0.29) is 0 Å². The number of aryl methyl sites for hydroxylation is 1. The molecule has 3 aromatic heterocycles. The lowest BCUT2D eigenvalue weighted by atomic mass is 9.88. The van der Waals surface area contributed by atoms with Gasteiger partial charge in [0.25, 0.3) is 0 Å². The van der Waals surface area contributed by atoms with Crippen molar-refractivity contribution in [2.24, 2.45) is 5.92 Å². The fraction of sp³-hybridized carbons (Fsp3) is 0.565. The van der Waals surface area contributed by atoms with E-state index in [1.165, 1.54) is 11.3 Å². The number of nitrogens with one attached hydrogen (secondary N) is 2. The highest BCUT2D eigenvalue weighted by Gasteiger charge is 2.47. The highest BCUT2D eigenvalue weighted by Crippen LogP contribution is 2.39. The van der Waals surface area contributed by atoms with Crippen LogP contribution in [0.1, 0.15) is 32.9 Å². The molecule has 0 amide bonds. The second-order valence-electron chi connectivity index (χ2n) is 9.07. The number of thioether (sulfide) groups is 1. The maximum absolute atomic E-state index is 10.7. The van der Waals surface area contributed by atoms with Gasteiger partial charge < -0.3 is 26.0 Å². The Hall–Kier alpha value is -2.05. The Labute approximate surface area is 207 Å². The Morgan fingerprint density at radius 3 is 2.68 bits per heavy atom. The molecule has 0 unspecified atom stereocenters. The fourth-order valence-corrected chi connectivity index (χ4v) is 5.82. The zero-order valence-electron chi connectivity index (χ0n) is 19.8. The molecule has 1 aliphatic carbocycles. The zero-order chi connectivity index (χ0) is 24.5. The molecule has 0 radical (unpaired) electrons. The fourth-order valence-electron chi connectivity index (χ4n) is 4.26. The first-order valence-corrected chi connectivity index (χ1v) is 13.4. The van der Waals surface area contributed by atoms with Crippen molar-refractivity contribution in [1.82, 2.24) is 19.9 Å². The van der Waals surface area contributed by atoms with Crippen LogP contribution in [0.25, 0.3) is 20.8 Å². The van der Waals surface area contributed by atoms with Gasteiger partial charge in [-0.2, -0.15) is 16.7 Å². The van der Waals surface area contributed by atoms with Gasteiger partial charge in [-0.3, -0.25) is 4.98 Å². The second-order valence-corrected chi connectivity index (χ2v) is 11.5. The standard InChI is InChI=1S/C23H32N6O3S2/c1-5-33-9-8-25-22-26-11-13(21-28-17-12(2)24-7-6-16(17)34-21)20(29-22)27-15-10-14(23(3,4)32)18(30)19(15)31/h6-7,11,14-15,18-19,30-32H,5,8-10H2,1-4H3,(H2,25,26,27,29)/t14-,15+,18+,19-/m0/s1. The molecule has 0 spiro atoms. The first-order chi connectivity index (χ1) is 16.2. The van der Waals surface area contributed by atoms with Crippen molar-refractivity contribution in [3.63, 3.8) is 0 Å². The van der Waals surface area contributed by atoms with Crippen LogP contribution < -0.4 is 10.6 Å². The van der Waals surface area contributed by atoms with E-state index in [1.54, 1.807) is 26.2 Å². The number of anilines is 2. The van der Waals surface area contributed by atoms with Gasteiger partial charge in [0.15, 0.2) is 0 Å². The van der Waals surface area contributed by atoms with Gasteiger partial charge in [0.2, 0.25) is 5.95 Å². The molecule has 34 heavy (non-hydrogen) atoms. The summed E-state index contributed by atoms with van der Waals surface area (Å²) >= 11 is 3.36. The van der Waals surface area contributed by atoms with Crippen molar-refractivity contribution in [3.8, 4) is 10.6 Å². The lowest BCUT2D eigenvalue weighted by Gasteiger charge is -2.28. The topological polar surface area (TPSA) is 136 Å². The third-order valence-corrected chi connectivity index (χ3v) is 8.11. The minimum absolute atomic E-state index is 0.397. The number of thiazole rings is 1. The average molecular weight is 505 g/mol. The third-order valence-electron chi connectivity index (χ3n) is 6.15. The number of aromatic nitrogens is 4. The van der Waals surface area contributed by atoms with Gasteiger partial charge >= 0.3 is 0 Å². The van der Waals surface area contributed by atoms with Crippen LogP contribution >= 0.6 is 23.1 Å². The van der Waals surface area contributed by atoms with E-state index < -0.39 is 29.8 Å². The van der Waals surface area contributed by atoms with Gasteiger partial charge in [0.1, 0.15) is 22.4 Å². The summed E-state index contributed by atoms with van der Waals surface area (Å²) in [5.74, 6) is 2.52. The van der Waals surface area contributed by atoms with E-state index in [0.29, 0.717) is 23.8 Å². The molecule has 0 aliphatic heterocycles. The van der Waals surface area contributed by atoms with E-state index in [1.807, 2.05) is 24.8 Å². The molecule has 4 atom stereocenters. The monoisotopic (exact) mass is 504 g/mol. The molecule has 9 nitrogen and oxygen atoms in total. The number of hydrogen-bond donors (Lipinski definition) is 5. The number of hydrogen-bond acceptors (Lipinski definition) is 11. The van der Waals surface area contributed by atoms with Crippen LogP contribution in [0, 0.1) is 12.8 Å². The van der Waals surface area contributed by atoms with Crippen LogP contribution in [0.4, 0.5) is 11.8 Å². The number of pyridine rings is 1. The lowest BCUT2D eigenvalue weighted by Crippen LogP contribution is -2.40. The van der Waals surface area contributed by atoms with Crippen LogP contribution in [-0.4, -0.2) is 77.2 Å². The Kier molecular flexibility index (Phi) is 7.58. The smallest absolute Gasteiger partial charge is 0.224 e. The summed E-state index contributed by atoms with van der Waals surface area (Å²) in [6, 6.07) is 1.45. The predicted octanol–water partition coefficient (Wildman–Crippen LogP) is 2.91. The molecule has 3 heterocycles. The number of rotatable bonds is 9. The van der Waals surface area contributed by atoms with Crippen molar-refractivity contribution in [1.29, 1.82) is 0 Å². The zero-order valence-corrected chi connectivity index (χ0v) is 21.4. The summed E-state index contributed by atoms with van der Waals surface area (Å²) in [5.41, 5.74) is 1.28. The number of fused-ring (bicyclic) bond motifs is 1. The van der Waals surface area contributed by atoms with Crippen LogP contribution in [0.5, 0.6) is 0 Å². The quantitative estimate of drug-likeness (QED) is 0.277. The molecule has 1 fully saturated rings. The first kappa shape index (κ1) is 25.1. The average Bonchev–Trinajstić information content (AvgIpc) is 3.34. The summed E-state index contributed by atoms with van der Waals surface area (Å²) in [6.45, 7) is 8.08. The van der Waals surface area contributed by atoms with E-state index in [9.17, 15) is 15.3 Å². The molecule has 1 aliphatic rings. The van der Waals surface area contributed by atoms with Crippen LogP contribution in [0.3, 0.4) is 0 Å². The van der Waals surface area contributed by atoms with Gasteiger partial charge in [-0.1, -0.05) is 6.92 Å². The van der Waals surface area contributed by atoms with Crippen molar-refractivity contribution < 1.29 is 15.3 Å². The van der Waals surface area contributed by atoms with Gasteiger partial charge in [0, 0.05) is 30.6 Å². The molecular formula is C23H32N6O3S2. The minimum atomic E-state index is -1.12. The Morgan fingerprint density at radius 1 is 1.21 bits per heavy atom. The summed E-state index contributed by atoms with van der Waals surface area (Å²) in [4.78, 5) is 18.3. The molecule has 184 valence electrons. The molecule has 11 heteroatoms. The summed E-state index contributed by atoms with van der Waals surface area (Å²) in [7, 11) is 0. The van der Waals surface area contributed by atoms with Crippen molar-refractivity contribution >= 4 is 45.1 Å². The summed E-state index contributed by atoms with van der Waals surface area (Å²) < 4.78 is 1.02. The molecule has 0 bridgehead atoms. The SMILES string of the molecule is CCSCCNc1ncc(-c2nc3c(C)nccc3s2)c(N[C@@H]2C[C@H](C(C)(C)O)[C@@H](O)[C@H]2O)n1. The Morgan fingerprint density at radius 2 is 2.00 bits per heavy atom. The Balaban J connectivity index is 1.67. The number of aliphatic hydroxyl groups excluding tert-OH is 2. The van der Waals surface area contributed by atoms with Crippen LogP contribution in [0.2, 0.25) is 0 Å². The van der Waals surface area contributed by atoms with Crippen molar-refractivity contribution in [3.05, 3.63) is 24.2 Å². The van der Waals surface area contributed by atoms with Crippen LogP contribution in [-0.2, 0) is 0 Å². The first-order valence-electron chi connectivity index (χ1n) is 11.4. The molecule has 3 aromatic rings. The molecular weight excluding hydrogens is 472 g/mol. The summed E-state index contributed by atoms with van der Waals surface area (Å²) in [5, 5.41) is 39.1. The van der Waals surface area contributed by atoms with Gasteiger partial charge in [-0.15, -0.1) is 11.3 Å².